The van der Waals surface area contributed by atoms with Crippen molar-refractivity contribution in [1.82, 2.24) is 0 Å². The van der Waals surface area contributed by atoms with Crippen LogP contribution in [0.5, 0.6) is 5.75 Å². The Labute approximate surface area is 157 Å². The van der Waals surface area contributed by atoms with Gasteiger partial charge in [0.05, 0.1) is 5.69 Å². The van der Waals surface area contributed by atoms with Crippen molar-refractivity contribution in [2.75, 3.05) is 18.0 Å². The standard InChI is InChI=1S/C17H26BrNO3.CO2/c1-16(2,3)11-19(10-15(21)22-17(4,5)6)13-8-7-12(18)9-14(13)20;2-1-3/h7-9,20H,10-11H2,1-6H3;. The maximum atomic E-state index is 12.2. The van der Waals surface area contributed by atoms with E-state index >= 15 is 0 Å². The maximum Gasteiger partial charge on any atom is 0.373 e. The molecule has 0 aromatic heterocycles. The van der Waals surface area contributed by atoms with Crippen molar-refractivity contribution in [3.8, 4) is 5.75 Å². The van der Waals surface area contributed by atoms with Gasteiger partial charge in [0.1, 0.15) is 17.9 Å². The van der Waals surface area contributed by atoms with E-state index in [1.54, 1.807) is 12.1 Å². The summed E-state index contributed by atoms with van der Waals surface area (Å²) in [7, 11) is 0. The molecule has 1 aromatic rings. The van der Waals surface area contributed by atoms with Gasteiger partial charge in [-0.05, 0) is 44.4 Å². The van der Waals surface area contributed by atoms with Crippen LogP contribution in [0.15, 0.2) is 22.7 Å². The summed E-state index contributed by atoms with van der Waals surface area (Å²) in [5.74, 6) is -0.166. The number of phenolic OH excluding ortho intramolecular Hbond substituents is 1. The lowest BCUT2D eigenvalue weighted by molar-refractivity contribution is -0.191. The molecule has 140 valence electrons. The van der Waals surface area contributed by atoms with Gasteiger partial charge in [-0.2, -0.15) is 9.59 Å². The molecular weight excluding hydrogens is 390 g/mol. The highest BCUT2D eigenvalue weighted by molar-refractivity contribution is 9.10. The summed E-state index contributed by atoms with van der Waals surface area (Å²) in [5, 5.41) is 10.2. The number of esters is 1. The van der Waals surface area contributed by atoms with Gasteiger partial charge in [-0.15, -0.1) is 0 Å². The number of rotatable bonds is 4. The third kappa shape index (κ3) is 10.6. The van der Waals surface area contributed by atoms with Crippen LogP contribution >= 0.6 is 15.9 Å². The van der Waals surface area contributed by atoms with Crippen LogP contribution in [-0.2, 0) is 19.1 Å². The summed E-state index contributed by atoms with van der Waals surface area (Å²) in [6, 6.07) is 5.27. The molecule has 0 heterocycles. The Balaban J connectivity index is 0.00000178. The van der Waals surface area contributed by atoms with Gasteiger partial charge in [0.25, 0.3) is 0 Å². The topological polar surface area (TPSA) is 83.9 Å². The summed E-state index contributed by atoms with van der Waals surface area (Å²) in [6.45, 7) is 12.5. The summed E-state index contributed by atoms with van der Waals surface area (Å²) in [6.07, 6.45) is 0.250. The molecule has 0 saturated carbocycles. The molecule has 1 rings (SSSR count). The second-order valence-electron chi connectivity index (χ2n) is 7.72. The average molecular weight is 416 g/mol. The normalized spacial score (nSPS) is 11.0. The van der Waals surface area contributed by atoms with E-state index in [1.165, 1.54) is 0 Å². The molecule has 0 aliphatic carbocycles. The third-order valence-electron chi connectivity index (χ3n) is 2.68. The quantitative estimate of drug-likeness (QED) is 0.753. The molecule has 1 aromatic carbocycles. The number of phenols is 1. The first-order valence-electron chi connectivity index (χ1n) is 7.73. The zero-order valence-electron chi connectivity index (χ0n) is 15.6. The molecular formula is C18H26BrNO5. The second kappa shape index (κ2) is 9.59. The van der Waals surface area contributed by atoms with Crippen molar-refractivity contribution in [1.29, 1.82) is 0 Å². The fourth-order valence-corrected chi connectivity index (χ4v) is 2.44. The molecule has 7 heteroatoms. The first-order chi connectivity index (χ1) is 11.3. The Bertz CT molecular complexity index is 611. The van der Waals surface area contributed by atoms with Crippen LogP contribution in [0.1, 0.15) is 41.5 Å². The number of hydrogen-bond acceptors (Lipinski definition) is 6. The third-order valence-corrected chi connectivity index (χ3v) is 3.18. The molecule has 1 N–H and O–H groups in total. The highest BCUT2D eigenvalue weighted by atomic mass is 79.9. The van der Waals surface area contributed by atoms with Gasteiger partial charge < -0.3 is 14.7 Å². The average Bonchev–Trinajstić information content (AvgIpc) is 2.34. The molecule has 0 radical (unpaired) electrons. The van der Waals surface area contributed by atoms with Gasteiger partial charge in [-0.1, -0.05) is 36.7 Å². The number of carbonyl (C=O) groups excluding carboxylic acids is 3. The highest BCUT2D eigenvalue weighted by Crippen LogP contribution is 2.32. The van der Waals surface area contributed by atoms with Gasteiger partial charge in [-0.3, -0.25) is 4.79 Å². The summed E-state index contributed by atoms with van der Waals surface area (Å²) in [5.41, 5.74) is 0.0808. The number of carbonyl (C=O) groups is 1. The number of anilines is 1. The van der Waals surface area contributed by atoms with Crippen LogP contribution in [0.4, 0.5) is 5.69 Å². The lowest BCUT2D eigenvalue weighted by atomic mass is 9.95. The van der Waals surface area contributed by atoms with Gasteiger partial charge in [-0.25, -0.2) is 0 Å². The fourth-order valence-electron chi connectivity index (χ4n) is 2.09. The van der Waals surface area contributed by atoms with Gasteiger partial charge in [0, 0.05) is 11.0 Å². The number of halogens is 1. The Kier molecular flexibility index (Phi) is 8.88. The van der Waals surface area contributed by atoms with Gasteiger partial charge in [0.2, 0.25) is 0 Å². The molecule has 0 bridgehead atoms. The second-order valence-corrected chi connectivity index (χ2v) is 8.64. The molecule has 0 spiro atoms. The number of ether oxygens (including phenoxy) is 1. The van der Waals surface area contributed by atoms with Crippen molar-refractivity contribution < 1.29 is 24.2 Å². The van der Waals surface area contributed by atoms with E-state index in [1.807, 2.05) is 31.7 Å². The van der Waals surface area contributed by atoms with E-state index in [9.17, 15) is 9.90 Å². The highest BCUT2D eigenvalue weighted by Gasteiger charge is 2.24. The number of hydrogen-bond donors (Lipinski definition) is 1. The van der Waals surface area contributed by atoms with Crippen molar-refractivity contribution in [3.05, 3.63) is 22.7 Å². The van der Waals surface area contributed by atoms with Crippen molar-refractivity contribution in [3.63, 3.8) is 0 Å². The first kappa shape index (κ1) is 23.1. The molecule has 6 nitrogen and oxygen atoms in total. The Hall–Kier alpha value is -1.85. The van der Waals surface area contributed by atoms with Crippen LogP contribution in [-0.4, -0.2) is 35.9 Å². The van der Waals surface area contributed by atoms with Gasteiger partial charge in [0.15, 0.2) is 0 Å². The predicted octanol–water partition coefficient (Wildman–Crippen LogP) is 3.77. The summed E-state index contributed by atoms with van der Waals surface area (Å²) < 4.78 is 6.19. The van der Waals surface area contributed by atoms with Crippen molar-refractivity contribution >= 4 is 33.7 Å². The van der Waals surface area contributed by atoms with Gasteiger partial charge >= 0.3 is 12.1 Å². The van der Waals surface area contributed by atoms with Crippen LogP contribution < -0.4 is 4.90 Å². The van der Waals surface area contributed by atoms with E-state index < -0.39 is 5.60 Å². The Morgan fingerprint density at radius 2 is 1.72 bits per heavy atom. The van der Waals surface area contributed by atoms with Crippen LogP contribution in [0.3, 0.4) is 0 Å². The van der Waals surface area contributed by atoms with E-state index in [0.717, 1.165) is 4.47 Å². The first-order valence-corrected chi connectivity index (χ1v) is 8.53. The number of nitrogens with zero attached hydrogens (tertiary/aromatic N) is 1. The molecule has 0 saturated heterocycles. The molecule has 0 fully saturated rings. The zero-order valence-corrected chi connectivity index (χ0v) is 17.1. The minimum Gasteiger partial charge on any atom is -0.506 e. The minimum atomic E-state index is -0.522. The lowest BCUT2D eigenvalue weighted by Gasteiger charge is -2.32. The van der Waals surface area contributed by atoms with E-state index in [2.05, 4.69) is 36.7 Å². The summed E-state index contributed by atoms with van der Waals surface area (Å²) >= 11 is 3.33. The van der Waals surface area contributed by atoms with E-state index in [4.69, 9.17) is 14.3 Å². The molecule has 0 aliphatic rings. The van der Waals surface area contributed by atoms with E-state index in [0.29, 0.717) is 12.2 Å². The Morgan fingerprint density at radius 3 is 2.12 bits per heavy atom. The minimum absolute atomic E-state index is 0.0263. The summed E-state index contributed by atoms with van der Waals surface area (Å²) in [4.78, 5) is 30.3. The Morgan fingerprint density at radius 1 is 1.20 bits per heavy atom. The molecule has 0 atom stereocenters. The van der Waals surface area contributed by atoms with Crippen LogP contribution in [0.2, 0.25) is 0 Å². The molecule has 0 amide bonds. The van der Waals surface area contributed by atoms with Crippen molar-refractivity contribution in [2.45, 2.75) is 47.1 Å². The largest absolute Gasteiger partial charge is 0.506 e. The molecule has 0 aliphatic heterocycles. The van der Waals surface area contributed by atoms with Crippen molar-refractivity contribution in [2.24, 2.45) is 5.41 Å². The number of benzene rings is 1. The number of aromatic hydroxyl groups is 1. The molecule has 0 unspecified atom stereocenters. The maximum absolute atomic E-state index is 12.2. The van der Waals surface area contributed by atoms with Crippen LogP contribution in [0, 0.1) is 5.41 Å². The SMILES string of the molecule is CC(C)(C)CN(CC(=O)OC(C)(C)C)c1ccc(Br)cc1O.O=C=O. The van der Waals surface area contributed by atoms with E-state index in [-0.39, 0.29) is 29.8 Å². The lowest BCUT2D eigenvalue weighted by Crippen LogP contribution is -2.39. The fraction of sp³-hybridized carbons (Fsp3) is 0.556. The van der Waals surface area contributed by atoms with Crippen LogP contribution in [0.25, 0.3) is 0 Å². The molecule has 25 heavy (non-hydrogen) atoms. The smallest absolute Gasteiger partial charge is 0.373 e. The monoisotopic (exact) mass is 415 g/mol. The zero-order chi connectivity index (χ0) is 19.8. The predicted molar refractivity (Wildman–Crippen MR) is 98.3 cm³/mol.